The van der Waals surface area contributed by atoms with Crippen LogP contribution in [0.2, 0.25) is 5.02 Å². The molecule has 2 N–H and O–H groups in total. The van der Waals surface area contributed by atoms with Gasteiger partial charge >= 0.3 is 0 Å². The highest BCUT2D eigenvalue weighted by Gasteiger charge is 2.07. The first-order valence-electron chi connectivity index (χ1n) is 5.71. The zero-order chi connectivity index (χ0) is 14.5. The summed E-state index contributed by atoms with van der Waals surface area (Å²) in [5.41, 5.74) is 0.379. The Morgan fingerprint density at radius 2 is 1.95 bits per heavy atom. The Bertz CT molecular complexity index is 619. The summed E-state index contributed by atoms with van der Waals surface area (Å²) >= 11 is 7.14. The van der Waals surface area contributed by atoms with E-state index in [4.69, 9.17) is 16.7 Å². The van der Waals surface area contributed by atoms with Gasteiger partial charge in [-0.2, -0.15) is 0 Å². The van der Waals surface area contributed by atoms with Gasteiger partial charge in [0, 0.05) is 4.90 Å². The largest absolute Gasteiger partial charge is 0.508 e. The molecule has 0 radical (unpaired) electrons. The molecule has 0 saturated carbocycles. The van der Waals surface area contributed by atoms with Crippen molar-refractivity contribution in [2.45, 2.75) is 4.90 Å². The van der Waals surface area contributed by atoms with E-state index >= 15 is 0 Å². The number of hydrogen-bond donors (Lipinski definition) is 2. The number of benzene rings is 2. The van der Waals surface area contributed by atoms with Crippen LogP contribution in [0, 0.1) is 5.82 Å². The third-order valence-corrected chi connectivity index (χ3v) is 3.74. The summed E-state index contributed by atoms with van der Waals surface area (Å²) in [6.45, 7) is 0. The maximum absolute atomic E-state index is 12.9. The molecule has 0 unspecified atom stereocenters. The minimum Gasteiger partial charge on any atom is -0.508 e. The van der Waals surface area contributed by atoms with E-state index in [0.717, 1.165) is 11.0 Å². The predicted molar refractivity (Wildman–Crippen MR) is 78.9 cm³/mol. The standard InChI is InChI=1S/C14H11ClFNO2S/c15-12-7-9(16)1-6-13(12)17-14(19)8-20-11-4-2-10(18)3-5-11/h1-7,18H,8H2,(H,17,19). The number of amides is 1. The zero-order valence-electron chi connectivity index (χ0n) is 10.3. The molecule has 0 aromatic heterocycles. The van der Waals surface area contributed by atoms with Gasteiger partial charge in [0.2, 0.25) is 5.91 Å². The molecule has 0 saturated heterocycles. The second-order valence-corrected chi connectivity index (χ2v) is 5.41. The summed E-state index contributed by atoms with van der Waals surface area (Å²) in [7, 11) is 0. The number of phenols is 1. The number of rotatable bonds is 4. The number of halogens is 2. The minimum atomic E-state index is -0.452. The Balaban J connectivity index is 1.90. The predicted octanol–water partition coefficient (Wildman–Crippen LogP) is 3.92. The molecule has 104 valence electrons. The zero-order valence-corrected chi connectivity index (χ0v) is 11.8. The molecule has 3 nitrogen and oxygen atoms in total. The summed E-state index contributed by atoms with van der Waals surface area (Å²) in [5.74, 6) is -0.321. The summed E-state index contributed by atoms with van der Waals surface area (Å²) in [6, 6.07) is 10.3. The van der Waals surface area contributed by atoms with E-state index in [1.54, 1.807) is 24.3 Å². The Labute approximate surface area is 124 Å². The molecular weight excluding hydrogens is 301 g/mol. The van der Waals surface area contributed by atoms with Crippen molar-refractivity contribution in [3.05, 3.63) is 53.3 Å². The maximum atomic E-state index is 12.9. The third-order valence-electron chi connectivity index (χ3n) is 2.41. The van der Waals surface area contributed by atoms with Gasteiger partial charge in [0.25, 0.3) is 0 Å². The number of aromatic hydroxyl groups is 1. The van der Waals surface area contributed by atoms with Crippen molar-refractivity contribution in [1.29, 1.82) is 0 Å². The second-order valence-electron chi connectivity index (χ2n) is 3.95. The molecule has 0 heterocycles. The van der Waals surface area contributed by atoms with Crippen molar-refractivity contribution >= 4 is 35.0 Å². The lowest BCUT2D eigenvalue weighted by atomic mass is 10.3. The highest BCUT2D eigenvalue weighted by molar-refractivity contribution is 8.00. The molecule has 2 aromatic rings. The van der Waals surface area contributed by atoms with Gasteiger partial charge < -0.3 is 10.4 Å². The maximum Gasteiger partial charge on any atom is 0.234 e. The van der Waals surface area contributed by atoms with E-state index in [-0.39, 0.29) is 22.4 Å². The molecule has 0 bridgehead atoms. The van der Waals surface area contributed by atoms with Crippen molar-refractivity contribution in [1.82, 2.24) is 0 Å². The molecule has 0 aliphatic heterocycles. The van der Waals surface area contributed by atoms with Crippen LogP contribution in [0.15, 0.2) is 47.4 Å². The monoisotopic (exact) mass is 311 g/mol. The molecule has 6 heteroatoms. The number of nitrogens with one attached hydrogen (secondary N) is 1. The highest BCUT2D eigenvalue weighted by Crippen LogP contribution is 2.24. The Hall–Kier alpha value is -1.72. The lowest BCUT2D eigenvalue weighted by molar-refractivity contribution is -0.113. The van der Waals surface area contributed by atoms with Crippen LogP contribution >= 0.6 is 23.4 Å². The summed E-state index contributed by atoms with van der Waals surface area (Å²) < 4.78 is 12.9. The number of carbonyl (C=O) groups is 1. The number of phenolic OH excluding ortho intramolecular Hbond substituents is 1. The van der Waals surface area contributed by atoms with E-state index in [1.165, 1.54) is 23.9 Å². The van der Waals surface area contributed by atoms with Gasteiger partial charge in [0.1, 0.15) is 11.6 Å². The molecule has 0 aliphatic rings. The Morgan fingerprint density at radius 3 is 2.60 bits per heavy atom. The van der Waals surface area contributed by atoms with Crippen LogP contribution in [0.1, 0.15) is 0 Å². The van der Waals surface area contributed by atoms with Gasteiger partial charge in [0.15, 0.2) is 0 Å². The molecule has 1 amide bonds. The van der Waals surface area contributed by atoms with Crippen LogP contribution in [0.25, 0.3) is 0 Å². The Kier molecular flexibility index (Phi) is 4.87. The normalized spacial score (nSPS) is 10.3. The van der Waals surface area contributed by atoms with Gasteiger partial charge in [-0.25, -0.2) is 4.39 Å². The van der Waals surface area contributed by atoms with Crippen molar-refractivity contribution in [3.63, 3.8) is 0 Å². The van der Waals surface area contributed by atoms with Crippen LogP contribution < -0.4 is 5.32 Å². The SMILES string of the molecule is O=C(CSc1ccc(O)cc1)Nc1ccc(F)cc1Cl. The van der Waals surface area contributed by atoms with Crippen molar-refractivity contribution in [2.75, 3.05) is 11.1 Å². The lowest BCUT2D eigenvalue weighted by Gasteiger charge is -2.07. The first-order valence-corrected chi connectivity index (χ1v) is 7.08. The average molecular weight is 312 g/mol. The van der Waals surface area contributed by atoms with Gasteiger partial charge in [-0.15, -0.1) is 11.8 Å². The molecular formula is C14H11ClFNO2S. The van der Waals surface area contributed by atoms with Gasteiger partial charge in [-0.1, -0.05) is 11.6 Å². The molecule has 20 heavy (non-hydrogen) atoms. The Morgan fingerprint density at radius 1 is 1.25 bits per heavy atom. The van der Waals surface area contributed by atoms with Crippen molar-refractivity contribution in [2.24, 2.45) is 0 Å². The minimum absolute atomic E-state index is 0.160. The molecule has 0 spiro atoms. The number of carbonyl (C=O) groups excluding carboxylic acids is 1. The smallest absolute Gasteiger partial charge is 0.234 e. The van der Waals surface area contributed by atoms with Gasteiger partial charge in [-0.05, 0) is 42.5 Å². The topological polar surface area (TPSA) is 49.3 Å². The van der Waals surface area contributed by atoms with Crippen LogP contribution in [0.4, 0.5) is 10.1 Å². The molecule has 0 atom stereocenters. The first-order chi connectivity index (χ1) is 9.54. The first kappa shape index (κ1) is 14.7. The van der Waals surface area contributed by atoms with E-state index in [9.17, 15) is 9.18 Å². The number of thioether (sulfide) groups is 1. The van der Waals surface area contributed by atoms with Crippen LogP contribution in [-0.4, -0.2) is 16.8 Å². The summed E-state index contributed by atoms with van der Waals surface area (Å²) in [6.07, 6.45) is 0. The fourth-order valence-electron chi connectivity index (χ4n) is 1.47. The summed E-state index contributed by atoms with van der Waals surface area (Å²) in [5, 5.41) is 11.9. The average Bonchev–Trinajstić information content (AvgIpc) is 2.41. The van der Waals surface area contributed by atoms with E-state index < -0.39 is 5.82 Å². The molecule has 2 aromatic carbocycles. The van der Waals surface area contributed by atoms with Gasteiger partial charge in [0.05, 0.1) is 16.5 Å². The van der Waals surface area contributed by atoms with Crippen LogP contribution in [0.5, 0.6) is 5.75 Å². The van der Waals surface area contributed by atoms with Crippen molar-refractivity contribution in [3.8, 4) is 5.75 Å². The van der Waals surface area contributed by atoms with Crippen LogP contribution in [0.3, 0.4) is 0 Å². The van der Waals surface area contributed by atoms with Crippen LogP contribution in [-0.2, 0) is 4.79 Å². The lowest BCUT2D eigenvalue weighted by Crippen LogP contribution is -2.14. The third kappa shape index (κ3) is 4.15. The summed E-state index contributed by atoms with van der Waals surface area (Å²) in [4.78, 5) is 12.6. The quantitative estimate of drug-likeness (QED) is 0.842. The molecule has 0 fully saturated rings. The number of anilines is 1. The molecule has 0 aliphatic carbocycles. The fraction of sp³-hybridized carbons (Fsp3) is 0.0714. The molecule has 2 rings (SSSR count). The van der Waals surface area contributed by atoms with Gasteiger partial charge in [-0.3, -0.25) is 4.79 Å². The van der Waals surface area contributed by atoms with E-state index in [0.29, 0.717) is 5.69 Å². The highest BCUT2D eigenvalue weighted by atomic mass is 35.5. The fourth-order valence-corrected chi connectivity index (χ4v) is 2.38. The van der Waals surface area contributed by atoms with E-state index in [1.807, 2.05) is 0 Å². The van der Waals surface area contributed by atoms with Crippen molar-refractivity contribution < 1.29 is 14.3 Å². The second kappa shape index (κ2) is 6.63. The van der Waals surface area contributed by atoms with E-state index in [2.05, 4.69) is 5.32 Å². The number of hydrogen-bond acceptors (Lipinski definition) is 3.